The minimum atomic E-state index is -0.966. The van der Waals surface area contributed by atoms with Crippen LogP contribution in [0.25, 0.3) is 0 Å². The van der Waals surface area contributed by atoms with Crippen molar-refractivity contribution >= 4 is 11.7 Å². The van der Waals surface area contributed by atoms with Crippen molar-refractivity contribution in [3.63, 3.8) is 0 Å². The first-order valence-corrected chi connectivity index (χ1v) is 3.68. The Morgan fingerprint density at radius 2 is 2.42 bits per heavy atom. The van der Waals surface area contributed by atoms with Gasteiger partial charge < -0.3 is 5.11 Å². The van der Waals surface area contributed by atoms with Crippen LogP contribution in [-0.4, -0.2) is 16.8 Å². The Kier molecular flexibility index (Phi) is 1.43. The third-order valence-electron chi connectivity index (χ3n) is 1.80. The average Bonchev–Trinajstić information content (AvgIpc) is 2.46. The van der Waals surface area contributed by atoms with Crippen LogP contribution in [0.2, 0.25) is 0 Å². The second-order valence-electron chi connectivity index (χ2n) is 2.63. The highest BCUT2D eigenvalue weighted by molar-refractivity contribution is 6.16. The van der Waals surface area contributed by atoms with E-state index in [1.54, 1.807) is 6.08 Å². The van der Waals surface area contributed by atoms with Gasteiger partial charge in [-0.15, -0.1) is 0 Å². The highest BCUT2D eigenvalue weighted by Crippen LogP contribution is 2.20. The lowest BCUT2D eigenvalue weighted by Gasteiger charge is -1.99. The molecular formula is C9H7NO2. The van der Waals surface area contributed by atoms with Crippen molar-refractivity contribution in [3.05, 3.63) is 35.6 Å². The van der Waals surface area contributed by atoms with Crippen molar-refractivity contribution in [2.24, 2.45) is 4.99 Å². The van der Waals surface area contributed by atoms with Gasteiger partial charge in [-0.25, -0.2) is 9.79 Å². The molecule has 12 heavy (non-hydrogen) atoms. The molecule has 0 saturated carbocycles. The molecule has 1 aliphatic carbocycles. The topological polar surface area (TPSA) is 49.7 Å². The van der Waals surface area contributed by atoms with Crippen molar-refractivity contribution in [3.8, 4) is 0 Å². The Bertz CT molecular complexity index is 359. The van der Waals surface area contributed by atoms with Gasteiger partial charge in [-0.05, 0) is 24.1 Å². The van der Waals surface area contributed by atoms with Crippen LogP contribution in [0.15, 0.2) is 40.6 Å². The smallest absolute Gasteiger partial charge is 0.354 e. The number of fused-ring (bicyclic) bond motifs is 1. The van der Waals surface area contributed by atoms with E-state index in [2.05, 4.69) is 4.99 Å². The molecule has 2 rings (SSSR count). The molecule has 0 unspecified atom stereocenters. The van der Waals surface area contributed by atoms with E-state index in [4.69, 9.17) is 5.11 Å². The molecule has 3 heteroatoms. The summed E-state index contributed by atoms with van der Waals surface area (Å²) in [4.78, 5) is 14.5. The van der Waals surface area contributed by atoms with E-state index in [9.17, 15) is 4.79 Å². The van der Waals surface area contributed by atoms with Gasteiger partial charge in [0.2, 0.25) is 0 Å². The maximum atomic E-state index is 10.5. The number of hydrogen-bond acceptors (Lipinski definition) is 2. The molecule has 60 valence electrons. The molecule has 0 radical (unpaired) electrons. The molecule has 0 aromatic rings. The first-order chi connectivity index (χ1) is 5.77. The minimum Gasteiger partial charge on any atom is -0.477 e. The molecule has 0 saturated heterocycles. The first-order valence-electron chi connectivity index (χ1n) is 3.68. The summed E-state index contributed by atoms with van der Waals surface area (Å²) >= 11 is 0. The van der Waals surface area contributed by atoms with Gasteiger partial charge >= 0.3 is 5.97 Å². The van der Waals surface area contributed by atoms with E-state index in [0.717, 1.165) is 17.7 Å². The summed E-state index contributed by atoms with van der Waals surface area (Å²) in [6.45, 7) is 0. The number of hydrogen-bond donors (Lipinski definition) is 1. The lowest BCUT2D eigenvalue weighted by atomic mass is 10.1. The fraction of sp³-hybridized carbons (Fsp3) is 0.111. The minimum absolute atomic E-state index is 0.128. The van der Waals surface area contributed by atoms with Gasteiger partial charge in [0.15, 0.2) is 0 Å². The molecule has 0 atom stereocenters. The SMILES string of the molecule is O=C(O)C1=CC2=CCC=CC2=N1. The number of carboxylic acids is 1. The Morgan fingerprint density at radius 1 is 1.58 bits per heavy atom. The summed E-state index contributed by atoms with van der Waals surface area (Å²) in [6, 6.07) is 0. The van der Waals surface area contributed by atoms with Gasteiger partial charge in [0.25, 0.3) is 0 Å². The fourth-order valence-corrected chi connectivity index (χ4v) is 1.23. The molecule has 0 aromatic heterocycles. The zero-order valence-corrected chi connectivity index (χ0v) is 6.32. The number of aliphatic imine (C=N–C) groups is 1. The Morgan fingerprint density at radius 3 is 3.08 bits per heavy atom. The van der Waals surface area contributed by atoms with Crippen LogP contribution in [0.4, 0.5) is 0 Å². The molecule has 3 nitrogen and oxygen atoms in total. The summed E-state index contributed by atoms with van der Waals surface area (Å²) < 4.78 is 0. The van der Waals surface area contributed by atoms with Gasteiger partial charge in [0.1, 0.15) is 5.70 Å². The fourth-order valence-electron chi connectivity index (χ4n) is 1.23. The van der Waals surface area contributed by atoms with E-state index >= 15 is 0 Å². The number of nitrogens with zero attached hydrogens (tertiary/aromatic N) is 1. The van der Waals surface area contributed by atoms with Gasteiger partial charge in [0, 0.05) is 0 Å². The number of aliphatic carboxylic acids is 1. The summed E-state index contributed by atoms with van der Waals surface area (Å²) in [7, 11) is 0. The zero-order chi connectivity index (χ0) is 8.55. The van der Waals surface area contributed by atoms with Crippen LogP contribution in [0.5, 0.6) is 0 Å². The molecule has 1 aliphatic heterocycles. The third kappa shape index (κ3) is 0.993. The molecule has 0 fully saturated rings. The normalized spacial score (nSPS) is 19.5. The van der Waals surface area contributed by atoms with Crippen LogP contribution < -0.4 is 0 Å². The summed E-state index contributed by atoms with van der Waals surface area (Å²) in [6.07, 6.45) is 8.23. The summed E-state index contributed by atoms with van der Waals surface area (Å²) in [5.74, 6) is -0.966. The van der Waals surface area contributed by atoms with E-state index in [0.29, 0.717) is 0 Å². The second kappa shape index (κ2) is 2.44. The second-order valence-corrected chi connectivity index (χ2v) is 2.63. The van der Waals surface area contributed by atoms with Gasteiger partial charge in [-0.2, -0.15) is 0 Å². The monoisotopic (exact) mass is 161 g/mol. The van der Waals surface area contributed by atoms with Crippen molar-refractivity contribution in [1.82, 2.24) is 0 Å². The molecule has 0 aromatic carbocycles. The van der Waals surface area contributed by atoms with E-state index < -0.39 is 5.97 Å². The third-order valence-corrected chi connectivity index (χ3v) is 1.80. The largest absolute Gasteiger partial charge is 0.477 e. The van der Waals surface area contributed by atoms with Crippen LogP contribution in [0, 0.1) is 0 Å². The summed E-state index contributed by atoms with van der Waals surface area (Å²) in [5, 5.41) is 8.63. The average molecular weight is 161 g/mol. The zero-order valence-electron chi connectivity index (χ0n) is 6.32. The van der Waals surface area contributed by atoms with Crippen LogP contribution in [0.3, 0.4) is 0 Å². The predicted octanol–water partition coefficient (Wildman–Crippen LogP) is 1.30. The van der Waals surface area contributed by atoms with E-state index in [-0.39, 0.29) is 5.70 Å². The first kappa shape index (κ1) is 7.03. The summed E-state index contributed by atoms with van der Waals surface area (Å²) in [5.41, 5.74) is 1.82. The van der Waals surface area contributed by atoms with Crippen molar-refractivity contribution in [2.75, 3.05) is 0 Å². The quantitative estimate of drug-likeness (QED) is 0.630. The number of carbonyl (C=O) groups is 1. The maximum Gasteiger partial charge on any atom is 0.354 e. The van der Waals surface area contributed by atoms with Crippen LogP contribution >= 0.6 is 0 Å². The lowest BCUT2D eigenvalue weighted by molar-refractivity contribution is -0.132. The highest BCUT2D eigenvalue weighted by Gasteiger charge is 2.17. The molecule has 0 amide bonds. The number of rotatable bonds is 1. The Hall–Kier alpha value is -1.64. The number of carboxylic acid groups (broad SMARTS) is 1. The molecule has 2 aliphatic rings. The molecule has 1 N–H and O–H groups in total. The number of allylic oxidation sites excluding steroid dienone is 5. The van der Waals surface area contributed by atoms with Crippen molar-refractivity contribution < 1.29 is 9.90 Å². The Labute approximate surface area is 69.4 Å². The standard InChI is InChI=1S/C9H7NO2/c11-9(12)8-5-6-3-1-2-4-7(6)10-8/h2-5H,1H2,(H,11,12). The van der Waals surface area contributed by atoms with Crippen LogP contribution in [-0.2, 0) is 4.79 Å². The van der Waals surface area contributed by atoms with Gasteiger partial charge in [-0.3, -0.25) is 0 Å². The highest BCUT2D eigenvalue weighted by atomic mass is 16.4. The molecular weight excluding hydrogens is 154 g/mol. The van der Waals surface area contributed by atoms with E-state index in [1.807, 2.05) is 18.2 Å². The van der Waals surface area contributed by atoms with Crippen molar-refractivity contribution in [2.45, 2.75) is 6.42 Å². The molecule has 1 heterocycles. The maximum absolute atomic E-state index is 10.5. The van der Waals surface area contributed by atoms with Gasteiger partial charge in [-0.1, -0.05) is 12.2 Å². The van der Waals surface area contributed by atoms with Crippen molar-refractivity contribution in [1.29, 1.82) is 0 Å². The predicted molar refractivity (Wildman–Crippen MR) is 45.0 cm³/mol. The Balaban J connectivity index is 2.40. The van der Waals surface area contributed by atoms with Gasteiger partial charge in [0.05, 0.1) is 5.71 Å². The lowest BCUT2D eigenvalue weighted by Crippen LogP contribution is -1.96. The molecule has 0 spiro atoms. The van der Waals surface area contributed by atoms with Crippen LogP contribution in [0.1, 0.15) is 6.42 Å². The van der Waals surface area contributed by atoms with E-state index in [1.165, 1.54) is 0 Å². The molecule has 0 bridgehead atoms.